The Kier molecular flexibility index (Phi) is 5.47. The Hall–Kier alpha value is -1.21. The predicted molar refractivity (Wildman–Crippen MR) is 78.6 cm³/mol. The van der Waals surface area contributed by atoms with Crippen molar-refractivity contribution >= 4 is 14.2 Å². The summed E-state index contributed by atoms with van der Waals surface area (Å²) in [5, 5.41) is 7.18. The molecule has 0 atom stereocenters. The minimum Gasteiger partial charge on any atom is -0.318 e. The maximum Gasteiger partial charge on any atom is 0.298 e. The standard InChI is InChI=1S/C13H25N3O3Si/c1-8(2)20(9(3)4,10(5)6)19-16-13(17)12-11(7)14-18-15-12/h8-10H,1-7H3,(H,16,17). The number of amides is 1. The third-order valence-electron chi connectivity index (χ3n) is 3.90. The van der Waals surface area contributed by atoms with E-state index in [-0.39, 0.29) is 5.69 Å². The number of hydrogen-bond acceptors (Lipinski definition) is 5. The van der Waals surface area contributed by atoms with Crippen LogP contribution in [-0.4, -0.2) is 24.5 Å². The molecule has 0 saturated carbocycles. The first-order valence-electron chi connectivity index (χ1n) is 7.00. The number of aromatic nitrogens is 2. The molecule has 0 spiro atoms. The Balaban J connectivity index is 2.88. The normalized spacial score (nSPS) is 12.5. The van der Waals surface area contributed by atoms with E-state index in [1.807, 2.05) is 0 Å². The van der Waals surface area contributed by atoms with Crippen molar-refractivity contribution in [3.05, 3.63) is 11.4 Å². The zero-order valence-corrected chi connectivity index (χ0v) is 14.4. The molecule has 6 nitrogen and oxygen atoms in total. The van der Waals surface area contributed by atoms with Crippen LogP contribution in [0.4, 0.5) is 0 Å². The van der Waals surface area contributed by atoms with Gasteiger partial charge in [-0.15, -0.1) is 0 Å². The summed E-state index contributed by atoms with van der Waals surface area (Å²) >= 11 is 0. The highest BCUT2D eigenvalue weighted by atomic mass is 28.4. The molecule has 0 aliphatic rings. The molecular weight excluding hydrogens is 274 g/mol. The minimum atomic E-state index is -2.13. The van der Waals surface area contributed by atoms with E-state index >= 15 is 0 Å². The van der Waals surface area contributed by atoms with Crippen molar-refractivity contribution in [3.63, 3.8) is 0 Å². The van der Waals surface area contributed by atoms with E-state index in [0.29, 0.717) is 22.3 Å². The van der Waals surface area contributed by atoms with Gasteiger partial charge < -0.3 is 4.53 Å². The first-order chi connectivity index (χ1) is 9.23. The van der Waals surface area contributed by atoms with Crippen molar-refractivity contribution in [2.24, 2.45) is 0 Å². The highest BCUT2D eigenvalue weighted by Crippen LogP contribution is 2.41. The Morgan fingerprint density at radius 2 is 1.60 bits per heavy atom. The van der Waals surface area contributed by atoms with Crippen LogP contribution in [0.2, 0.25) is 16.6 Å². The second-order valence-corrected chi connectivity index (χ2v) is 11.4. The molecule has 1 aromatic rings. The fourth-order valence-electron chi connectivity index (χ4n) is 2.97. The number of carbonyl (C=O) groups is 1. The lowest BCUT2D eigenvalue weighted by Gasteiger charge is -2.40. The molecule has 0 radical (unpaired) electrons. The summed E-state index contributed by atoms with van der Waals surface area (Å²) in [4.78, 5) is 12.1. The monoisotopic (exact) mass is 299 g/mol. The lowest BCUT2D eigenvalue weighted by atomic mass is 10.3. The second kappa shape index (κ2) is 6.49. The van der Waals surface area contributed by atoms with Gasteiger partial charge in [0.25, 0.3) is 5.91 Å². The SMILES string of the molecule is Cc1nonc1C(=O)NO[Si](C(C)C)(C(C)C)C(C)C. The number of aryl methyl sites for hydroxylation is 1. The van der Waals surface area contributed by atoms with Gasteiger partial charge in [-0.05, 0) is 28.7 Å². The van der Waals surface area contributed by atoms with Gasteiger partial charge in [0.15, 0.2) is 5.69 Å². The van der Waals surface area contributed by atoms with Crippen LogP contribution >= 0.6 is 0 Å². The molecule has 0 aliphatic carbocycles. The van der Waals surface area contributed by atoms with Crippen LogP contribution in [0.15, 0.2) is 4.63 Å². The molecule has 1 amide bonds. The first-order valence-corrected chi connectivity index (χ1v) is 9.15. The van der Waals surface area contributed by atoms with Gasteiger partial charge in [-0.3, -0.25) is 4.79 Å². The quantitative estimate of drug-likeness (QED) is 0.644. The van der Waals surface area contributed by atoms with Crippen LogP contribution in [0.5, 0.6) is 0 Å². The number of hydroxylamine groups is 1. The van der Waals surface area contributed by atoms with Gasteiger partial charge in [-0.2, -0.15) is 0 Å². The number of nitrogens with zero attached hydrogens (tertiary/aromatic N) is 2. The highest BCUT2D eigenvalue weighted by molar-refractivity contribution is 6.77. The van der Waals surface area contributed by atoms with Crippen LogP contribution in [0.3, 0.4) is 0 Å². The van der Waals surface area contributed by atoms with Crippen LogP contribution in [0, 0.1) is 6.92 Å². The highest BCUT2D eigenvalue weighted by Gasteiger charge is 2.46. The number of rotatable bonds is 6. The summed E-state index contributed by atoms with van der Waals surface area (Å²) in [7, 11) is -2.13. The third kappa shape index (κ3) is 3.09. The van der Waals surface area contributed by atoms with Crippen molar-refractivity contribution in [3.8, 4) is 0 Å². The molecule has 1 heterocycles. The Morgan fingerprint density at radius 3 is 1.95 bits per heavy atom. The van der Waals surface area contributed by atoms with Gasteiger partial charge in [0.1, 0.15) is 5.69 Å². The van der Waals surface area contributed by atoms with Gasteiger partial charge >= 0.3 is 0 Å². The van der Waals surface area contributed by atoms with Crippen molar-refractivity contribution in [2.45, 2.75) is 65.1 Å². The Morgan fingerprint density at radius 1 is 1.10 bits per heavy atom. The number of hydrogen-bond donors (Lipinski definition) is 1. The average molecular weight is 299 g/mol. The molecular formula is C13H25N3O3Si. The van der Waals surface area contributed by atoms with E-state index < -0.39 is 14.2 Å². The summed E-state index contributed by atoms with van der Waals surface area (Å²) in [5.41, 5.74) is 4.36. The Bertz CT molecular complexity index is 436. The maximum atomic E-state index is 12.1. The maximum absolute atomic E-state index is 12.1. The molecule has 1 aromatic heterocycles. The van der Waals surface area contributed by atoms with Gasteiger partial charge in [0.05, 0.1) is 0 Å². The van der Waals surface area contributed by atoms with E-state index in [2.05, 4.69) is 62.0 Å². The molecule has 1 rings (SSSR count). The van der Waals surface area contributed by atoms with Crippen LogP contribution in [-0.2, 0) is 4.53 Å². The lowest BCUT2D eigenvalue weighted by Crippen LogP contribution is -2.52. The number of carbonyl (C=O) groups excluding carboxylic acids is 1. The molecule has 0 aliphatic heterocycles. The first kappa shape index (κ1) is 16.8. The second-order valence-electron chi connectivity index (χ2n) is 6.05. The van der Waals surface area contributed by atoms with Crippen LogP contribution in [0.25, 0.3) is 0 Å². The summed E-state index contributed by atoms with van der Waals surface area (Å²) in [5.74, 6) is -0.400. The predicted octanol–water partition coefficient (Wildman–Crippen LogP) is 3.21. The third-order valence-corrected chi connectivity index (χ3v) is 9.77. The molecule has 0 saturated heterocycles. The molecule has 7 heteroatoms. The number of nitrogens with one attached hydrogen (secondary N) is 1. The van der Waals surface area contributed by atoms with Gasteiger partial charge in [0, 0.05) is 0 Å². The minimum absolute atomic E-state index is 0.171. The Labute approximate surface area is 121 Å². The van der Waals surface area contributed by atoms with E-state index in [0.717, 1.165) is 0 Å². The van der Waals surface area contributed by atoms with Crippen molar-refractivity contribution < 1.29 is 14.0 Å². The van der Waals surface area contributed by atoms with Gasteiger partial charge in [-0.1, -0.05) is 46.7 Å². The summed E-state index contributed by atoms with van der Waals surface area (Å²) in [6.07, 6.45) is 0. The van der Waals surface area contributed by atoms with E-state index in [9.17, 15) is 4.79 Å². The van der Waals surface area contributed by atoms with Gasteiger partial charge in [0.2, 0.25) is 8.32 Å². The van der Waals surface area contributed by atoms with Crippen molar-refractivity contribution in [2.75, 3.05) is 0 Å². The fraction of sp³-hybridized carbons (Fsp3) is 0.769. The molecule has 0 unspecified atom stereocenters. The zero-order chi connectivity index (χ0) is 15.5. The largest absolute Gasteiger partial charge is 0.318 e. The van der Waals surface area contributed by atoms with E-state index in [1.165, 1.54) is 0 Å². The molecule has 0 aromatic carbocycles. The van der Waals surface area contributed by atoms with Gasteiger partial charge in [-0.25, -0.2) is 10.1 Å². The summed E-state index contributed by atoms with van der Waals surface area (Å²) in [6.45, 7) is 14.6. The summed E-state index contributed by atoms with van der Waals surface area (Å²) < 4.78 is 10.5. The topological polar surface area (TPSA) is 77.2 Å². The van der Waals surface area contributed by atoms with E-state index in [1.54, 1.807) is 6.92 Å². The van der Waals surface area contributed by atoms with E-state index in [4.69, 9.17) is 4.53 Å². The van der Waals surface area contributed by atoms with Crippen LogP contribution < -0.4 is 5.48 Å². The fourth-order valence-corrected chi connectivity index (χ4v) is 7.95. The summed E-state index contributed by atoms with van der Waals surface area (Å²) in [6, 6.07) is 0. The van der Waals surface area contributed by atoms with Crippen molar-refractivity contribution in [1.82, 2.24) is 15.8 Å². The molecule has 0 fully saturated rings. The lowest BCUT2D eigenvalue weighted by molar-refractivity contribution is 0.0709. The molecule has 114 valence electrons. The van der Waals surface area contributed by atoms with Crippen molar-refractivity contribution in [1.29, 1.82) is 0 Å². The molecule has 20 heavy (non-hydrogen) atoms. The molecule has 1 N–H and O–H groups in total. The molecule has 0 bridgehead atoms. The smallest absolute Gasteiger partial charge is 0.298 e. The average Bonchev–Trinajstić information content (AvgIpc) is 2.74. The van der Waals surface area contributed by atoms with Crippen LogP contribution in [0.1, 0.15) is 57.7 Å². The zero-order valence-electron chi connectivity index (χ0n) is 13.4.